The third kappa shape index (κ3) is 4.81. The molecule has 0 radical (unpaired) electrons. The first kappa shape index (κ1) is 14.1. The Balaban J connectivity index is 2.55. The average molecular weight is 235 g/mol. The Morgan fingerprint density at radius 3 is 2.35 bits per heavy atom. The van der Waals surface area contributed by atoms with E-state index in [9.17, 15) is 4.79 Å². The fraction of sp³-hybridized carbons (Fsp3) is 0.800. The van der Waals surface area contributed by atoms with Crippen molar-refractivity contribution in [2.45, 2.75) is 52.4 Å². The van der Waals surface area contributed by atoms with Gasteiger partial charge in [-0.3, -0.25) is 4.79 Å². The van der Waals surface area contributed by atoms with E-state index in [1.54, 1.807) is 0 Å². The summed E-state index contributed by atoms with van der Waals surface area (Å²) in [4.78, 5) is 14.3. The molecule has 0 bridgehead atoms. The minimum atomic E-state index is 0.192. The van der Waals surface area contributed by atoms with Crippen LogP contribution < -0.4 is 0 Å². The summed E-state index contributed by atoms with van der Waals surface area (Å²) >= 11 is 0. The van der Waals surface area contributed by atoms with Gasteiger partial charge >= 0.3 is 0 Å². The zero-order valence-corrected chi connectivity index (χ0v) is 11.2. The minimum Gasteiger partial charge on any atom is -0.331 e. The number of nitrogens with zero attached hydrogens (tertiary/aromatic N) is 1. The van der Waals surface area contributed by atoms with E-state index in [1.807, 2.05) is 4.90 Å². The van der Waals surface area contributed by atoms with Gasteiger partial charge in [-0.1, -0.05) is 32.6 Å². The van der Waals surface area contributed by atoms with Gasteiger partial charge in [0.15, 0.2) is 0 Å². The highest BCUT2D eigenvalue weighted by Crippen LogP contribution is 2.30. The van der Waals surface area contributed by atoms with Crippen molar-refractivity contribution in [2.24, 2.45) is 11.8 Å². The Bertz CT molecular complexity index is 269. The van der Waals surface area contributed by atoms with Crippen LogP contribution in [-0.2, 0) is 4.79 Å². The van der Waals surface area contributed by atoms with Crippen LogP contribution in [0.25, 0.3) is 0 Å². The second-order valence-electron chi connectivity index (χ2n) is 5.14. The van der Waals surface area contributed by atoms with Crippen LogP contribution in [0.5, 0.6) is 0 Å². The van der Waals surface area contributed by atoms with E-state index in [2.05, 4.69) is 19.8 Å². The highest BCUT2D eigenvalue weighted by molar-refractivity contribution is 5.79. The topological polar surface area (TPSA) is 20.3 Å². The van der Waals surface area contributed by atoms with E-state index in [1.165, 1.54) is 12.8 Å². The molecule has 0 saturated heterocycles. The third-order valence-electron chi connectivity index (χ3n) is 3.39. The van der Waals surface area contributed by atoms with E-state index in [0.717, 1.165) is 38.1 Å². The summed E-state index contributed by atoms with van der Waals surface area (Å²) in [6.07, 6.45) is 12.0. The summed E-state index contributed by atoms with van der Waals surface area (Å²) < 4.78 is 0. The summed E-state index contributed by atoms with van der Waals surface area (Å²) in [6.45, 7) is 5.65. The Hall–Kier alpha value is -0.970. The molecule has 2 heteroatoms. The molecule has 0 aromatic rings. The number of hydrogen-bond acceptors (Lipinski definition) is 1. The van der Waals surface area contributed by atoms with Gasteiger partial charge in [0.1, 0.15) is 0 Å². The molecule has 1 aliphatic rings. The Morgan fingerprint density at radius 2 is 1.94 bits per heavy atom. The predicted octanol–water partition coefficient (Wildman–Crippen LogP) is 3.07. The number of carbonyl (C=O) groups is 1. The molecule has 0 unspecified atom stereocenters. The summed E-state index contributed by atoms with van der Waals surface area (Å²) in [6, 6.07) is 0. The van der Waals surface area contributed by atoms with Crippen LogP contribution in [-0.4, -0.2) is 23.9 Å². The summed E-state index contributed by atoms with van der Waals surface area (Å²) in [5.41, 5.74) is 0. The van der Waals surface area contributed by atoms with Crippen LogP contribution in [0.1, 0.15) is 52.4 Å². The van der Waals surface area contributed by atoms with Crippen molar-refractivity contribution in [1.29, 1.82) is 0 Å². The van der Waals surface area contributed by atoms with Gasteiger partial charge in [0.25, 0.3) is 0 Å². The van der Waals surface area contributed by atoms with E-state index >= 15 is 0 Å². The number of terminal acetylenes is 1. The number of rotatable bonds is 8. The van der Waals surface area contributed by atoms with Crippen molar-refractivity contribution in [1.82, 2.24) is 4.90 Å². The van der Waals surface area contributed by atoms with Crippen LogP contribution in [0.2, 0.25) is 0 Å². The normalized spacial score (nSPS) is 14.7. The Kier molecular flexibility index (Phi) is 6.11. The highest BCUT2D eigenvalue weighted by Gasteiger charge is 2.29. The molecule has 1 aliphatic carbocycles. The van der Waals surface area contributed by atoms with E-state index in [-0.39, 0.29) is 5.92 Å². The quantitative estimate of drug-likeness (QED) is 0.592. The average Bonchev–Trinajstić information content (AvgIpc) is 3.11. The molecule has 1 amide bonds. The van der Waals surface area contributed by atoms with E-state index < -0.39 is 0 Å². The molecule has 17 heavy (non-hydrogen) atoms. The lowest BCUT2D eigenvalue weighted by Crippen LogP contribution is -2.38. The van der Waals surface area contributed by atoms with Crippen molar-refractivity contribution in [2.75, 3.05) is 13.1 Å². The SMILES string of the molecule is C#CCN(CC1CC1)C(=O)C(CCC)CCC. The fourth-order valence-electron chi connectivity index (χ4n) is 2.30. The second-order valence-corrected chi connectivity index (χ2v) is 5.14. The lowest BCUT2D eigenvalue weighted by molar-refractivity contribution is -0.135. The molecule has 0 aliphatic heterocycles. The Labute approximate surface area is 106 Å². The smallest absolute Gasteiger partial charge is 0.226 e. The molecular weight excluding hydrogens is 210 g/mol. The maximum atomic E-state index is 12.4. The second kappa shape index (κ2) is 7.37. The van der Waals surface area contributed by atoms with Gasteiger partial charge in [0, 0.05) is 12.5 Å². The first-order valence-corrected chi connectivity index (χ1v) is 6.95. The van der Waals surface area contributed by atoms with Gasteiger partial charge < -0.3 is 4.90 Å². The van der Waals surface area contributed by atoms with Gasteiger partial charge in [-0.15, -0.1) is 6.42 Å². The number of hydrogen-bond donors (Lipinski definition) is 0. The summed E-state index contributed by atoms with van der Waals surface area (Å²) in [7, 11) is 0. The number of carbonyl (C=O) groups excluding carboxylic acids is 1. The molecule has 2 nitrogen and oxygen atoms in total. The number of amides is 1. The fourth-order valence-corrected chi connectivity index (χ4v) is 2.30. The van der Waals surface area contributed by atoms with Crippen LogP contribution >= 0.6 is 0 Å². The molecular formula is C15H25NO. The van der Waals surface area contributed by atoms with Gasteiger partial charge in [-0.2, -0.15) is 0 Å². The summed E-state index contributed by atoms with van der Waals surface area (Å²) in [5, 5.41) is 0. The van der Waals surface area contributed by atoms with Crippen molar-refractivity contribution in [3.05, 3.63) is 0 Å². The van der Waals surface area contributed by atoms with Crippen molar-refractivity contribution >= 4 is 5.91 Å². The lowest BCUT2D eigenvalue weighted by Gasteiger charge is -2.25. The molecule has 0 heterocycles. The predicted molar refractivity (Wildman–Crippen MR) is 71.4 cm³/mol. The molecule has 1 rings (SSSR count). The third-order valence-corrected chi connectivity index (χ3v) is 3.39. The molecule has 0 aromatic carbocycles. The van der Waals surface area contributed by atoms with Crippen LogP contribution in [0.15, 0.2) is 0 Å². The Morgan fingerprint density at radius 1 is 1.35 bits per heavy atom. The monoisotopic (exact) mass is 235 g/mol. The van der Waals surface area contributed by atoms with Crippen molar-refractivity contribution in [3.63, 3.8) is 0 Å². The molecule has 0 atom stereocenters. The van der Waals surface area contributed by atoms with Crippen LogP contribution in [0, 0.1) is 24.2 Å². The standard InChI is InChI=1S/C15H25NO/c1-4-7-14(8-5-2)15(17)16(11-6-3)12-13-9-10-13/h3,13-14H,4-5,7-12H2,1-2H3. The molecule has 1 saturated carbocycles. The van der Waals surface area contributed by atoms with Crippen LogP contribution in [0.3, 0.4) is 0 Å². The van der Waals surface area contributed by atoms with Gasteiger partial charge in [-0.25, -0.2) is 0 Å². The minimum absolute atomic E-state index is 0.192. The largest absolute Gasteiger partial charge is 0.331 e. The van der Waals surface area contributed by atoms with Gasteiger partial charge in [0.2, 0.25) is 5.91 Å². The van der Waals surface area contributed by atoms with Gasteiger partial charge in [-0.05, 0) is 31.6 Å². The van der Waals surface area contributed by atoms with E-state index in [4.69, 9.17) is 6.42 Å². The molecule has 96 valence electrons. The first-order chi connectivity index (χ1) is 8.22. The first-order valence-electron chi connectivity index (χ1n) is 6.95. The lowest BCUT2D eigenvalue weighted by atomic mass is 9.96. The zero-order valence-electron chi connectivity index (χ0n) is 11.2. The van der Waals surface area contributed by atoms with Crippen molar-refractivity contribution in [3.8, 4) is 12.3 Å². The van der Waals surface area contributed by atoms with Crippen LogP contribution in [0.4, 0.5) is 0 Å². The molecule has 0 spiro atoms. The maximum absolute atomic E-state index is 12.4. The summed E-state index contributed by atoms with van der Waals surface area (Å²) in [5.74, 6) is 3.83. The molecule has 0 N–H and O–H groups in total. The molecule has 1 fully saturated rings. The molecule has 0 aromatic heterocycles. The van der Waals surface area contributed by atoms with Crippen molar-refractivity contribution < 1.29 is 4.79 Å². The highest BCUT2D eigenvalue weighted by atomic mass is 16.2. The van der Waals surface area contributed by atoms with Gasteiger partial charge in [0.05, 0.1) is 6.54 Å². The van der Waals surface area contributed by atoms with E-state index in [0.29, 0.717) is 12.5 Å². The zero-order chi connectivity index (χ0) is 12.7. The maximum Gasteiger partial charge on any atom is 0.226 e.